The monoisotopic (exact) mass is 360 g/mol. The Hall–Kier alpha value is -2.21. The van der Waals surface area contributed by atoms with Crippen molar-refractivity contribution in [3.05, 3.63) is 47.9 Å². The minimum absolute atomic E-state index is 0.134. The number of anilines is 1. The lowest BCUT2D eigenvalue weighted by atomic mass is 10.2. The second-order valence-electron chi connectivity index (χ2n) is 5.84. The number of carbonyl (C=O) groups excluding carboxylic acids is 2. The van der Waals surface area contributed by atoms with E-state index in [0.717, 1.165) is 17.7 Å². The lowest BCUT2D eigenvalue weighted by Gasteiger charge is -2.12. The van der Waals surface area contributed by atoms with Crippen LogP contribution in [0.2, 0.25) is 0 Å². The van der Waals surface area contributed by atoms with Crippen LogP contribution in [0.1, 0.15) is 42.8 Å². The standard InChI is InChI=1S/C19H24N2O3S/c1-4-14(3)25-15-7-8-16(13(2)12-15)21-18(22)9-10-20-19(23)17-6-5-11-24-17/h5-8,11-12,14H,4,9-10H2,1-3H3,(H,20,23)(H,21,22). The lowest BCUT2D eigenvalue weighted by Crippen LogP contribution is -2.27. The van der Waals surface area contributed by atoms with E-state index >= 15 is 0 Å². The summed E-state index contributed by atoms with van der Waals surface area (Å²) >= 11 is 1.83. The van der Waals surface area contributed by atoms with Gasteiger partial charge in [0.25, 0.3) is 5.91 Å². The average Bonchev–Trinajstić information content (AvgIpc) is 3.11. The minimum atomic E-state index is -0.319. The average molecular weight is 360 g/mol. The van der Waals surface area contributed by atoms with Gasteiger partial charge >= 0.3 is 0 Å². The van der Waals surface area contributed by atoms with Gasteiger partial charge in [0.15, 0.2) is 5.76 Å². The van der Waals surface area contributed by atoms with Crippen LogP contribution in [0, 0.1) is 6.92 Å². The van der Waals surface area contributed by atoms with E-state index in [1.54, 1.807) is 12.1 Å². The Morgan fingerprint density at radius 2 is 2.08 bits per heavy atom. The fourth-order valence-corrected chi connectivity index (χ4v) is 3.19. The second kappa shape index (κ2) is 9.32. The molecule has 0 bridgehead atoms. The van der Waals surface area contributed by atoms with E-state index in [0.29, 0.717) is 5.25 Å². The molecule has 25 heavy (non-hydrogen) atoms. The molecule has 2 amide bonds. The number of nitrogens with one attached hydrogen (secondary N) is 2. The van der Waals surface area contributed by atoms with E-state index in [9.17, 15) is 9.59 Å². The first-order valence-electron chi connectivity index (χ1n) is 8.38. The number of carbonyl (C=O) groups is 2. The Bertz CT molecular complexity index is 713. The molecule has 0 saturated heterocycles. The number of amides is 2. The van der Waals surface area contributed by atoms with Crippen molar-refractivity contribution in [3.8, 4) is 0 Å². The molecule has 1 atom stereocenters. The van der Waals surface area contributed by atoms with Crippen molar-refractivity contribution in [2.24, 2.45) is 0 Å². The summed E-state index contributed by atoms with van der Waals surface area (Å²) in [5.41, 5.74) is 1.83. The molecule has 0 spiro atoms. The van der Waals surface area contributed by atoms with Crippen LogP contribution in [0.3, 0.4) is 0 Å². The molecule has 0 aliphatic rings. The van der Waals surface area contributed by atoms with Gasteiger partial charge in [0.1, 0.15) is 0 Å². The maximum Gasteiger partial charge on any atom is 0.286 e. The van der Waals surface area contributed by atoms with Gasteiger partial charge in [-0.2, -0.15) is 0 Å². The molecule has 1 unspecified atom stereocenters. The second-order valence-corrected chi connectivity index (χ2v) is 7.36. The van der Waals surface area contributed by atoms with Gasteiger partial charge < -0.3 is 15.1 Å². The molecule has 0 fully saturated rings. The van der Waals surface area contributed by atoms with Gasteiger partial charge in [-0.1, -0.05) is 13.8 Å². The maximum atomic E-state index is 12.1. The summed E-state index contributed by atoms with van der Waals surface area (Å²) in [5.74, 6) is -0.212. The topological polar surface area (TPSA) is 71.3 Å². The third-order valence-corrected chi connectivity index (χ3v) is 5.03. The molecule has 1 aromatic heterocycles. The summed E-state index contributed by atoms with van der Waals surface area (Å²) in [7, 11) is 0. The van der Waals surface area contributed by atoms with Crippen molar-refractivity contribution in [3.63, 3.8) is 0 Å². The summed E-state index contributed by atoms with van der Waals surface area (Å²) < 4.78 is 5.00. The van der Waals surface area contributed by atoms with E-state index in [1.165, 1.54) is 11.2 Å². The zero-order chi connectivity index (χ0) is 18.2. The number of furan rings is 1. The summed E-state index contributed by atoms with van der Waals surface area (Å²) in [4.78, 5) is 25.0. The van der Waals surface area contributed by atoms with Crippen molar-refractivity contribution in [1.82, 2.24) is 5.32 Å². The number of hydrogen-bond donors (Lipinski definition) is 2. The van der Waals surface area contributed by atoms with Crippen molar-refractivity contribution in [2.45, 2.75) is 43.8 Å². The van der Waals surface area contributed by atoms with Crippen LogP contribution in [0.15, 0.2) is 45.9 Å². The van der Waals surface area contributed by atoms with Gasteiger partial charge in [0.05, 0.1) is 6.26 Å². The van der Waals surface area contributed by atoms with Gasteiger partial charge in [-0.3, -0.25) is 9.59 Å². The Morgan fingerprint density at radius 1 is 1.28 bits per heavy atom. The third kappa shape index (κ3) is 5.98. The first-order chi connectivity index (χ1) is 12.0. The number of benzene rings is 1. The van der Waals surface area contributed by atoms with E-state index in [-0.39, 0.29) is 30.5 Å². The molecule has 0 aliphatic carbocycles. The SMILES string of the molecule is CCC(C)Sc1ccc(NC(=O)CCNC(=O)c2ccco2)c(C)c1. The molecular formula is C19H24N2O3S. The molecule has 6 heteroatoms. The lowest BCUT2D eigenvalue weighted by molar-refractivity contribution is -0.116. The zero-order valence-electron chi connectivity index (χ0n) is 14.8. The molecule has 1 heterocycles. The minimum Gasteiger partial charge on any atom is -0.459 e. The number of aryl methyl sites for hydroxylation is 1. The number of rotatable bonds is 8. The van der Waals surface area contributed by atoms with Crippen LogP contribution < -0.4 is 10.6 Å². The summed E-state index contributed by atoms with van der Waals surface area (Å²) in [6.07, 6.45) is 2.76. The van der Waals surface area contributed by atoms with Crippen molar-refractivity contribution < 1.29 is 14.0 Å². The molecule has 2 rings (SSSR count). The van der Waals surface area contributed by atoms with Gasteiger partial charge in [0, 0.05) is 28.8 Å². The van der Waals surface area contributed by atoms with Crippen LogP contribution in [-0.2, 0) is 4.79 Å². The molecule has 1 aromatic carbocycles. The number of thioether (sulfide) groups is 1. The highest BCUT2D eigenvalue weighted by Crippen LogP contribution is 2.28. The molecule has 0 saturated carbocycles. The Balaban J connectivity index is 1.81. The molecule has 0 radical (unpaired) electrons. The van der Waals surface area contributed by atoms with E-state index in [2.05, 4.69) is 30.5 Å². The highest BCUT2D eigenvalue weighted by molar-refractivity contribution is 7.99. The van der Waals surface area contributed by atoms with Crippen molar-refractivity contribution in [2.75, 3.05) is 11.9 Å². The molecular weight excluding hydrogens is 336 g/mol. The Labute approximate surface area is 152 Å². The van der Waals surface area contributed by atoms with Gasteiger partial charge in [-0.25, -0.2) is 0 Å². The summed E-state index contributed by atoms with van der Waals surface area (Å²) in [6.45, 7) is 6.61. The predicted molar refractivity (Wildman–Crippen MR) is 101 cm³/mol. The maximum absolute atomic E-state index is 12.1. The van der Waals surface area contributed by atoms with Crippen LogP contribution in [0.25, 0.3) is 0 Å². The highest BCUT2D eigenvalue weighted by Gasteiger charge is 2.10. The van der Waals surface area contributed by atoms with Crippen LogP contribution in [0.5, 0.6) is 0 Å². The third-order valence-electron chi connectivity index (χ3n) is 3.77. The van der Waals surface area contributed by atoms with E-state index < -0.39 is 0 Å². The Morgan fingerprint density at radius 3 is 2.72 bits per heavy atom. The first-order valence-corrected chi connectivity index (χ1v) is 9.26. The first kappa shape index (κ1) is 19.1. The van der Waals surface area contributed by atoms with Crippen molar-refractivity contribution in [1.29, 1.82) is 0 Å². The fourth-order valence-electron chi connectivity index (χ4n) is 2.16. The largest absolute Gasteiger partial charge is 0.459 e. The van der Waals surface area contributed by atoms with Crippen LogP contribution >= 0.6 is 11.8 Å². The summed E-state index contributed by atoms with van der Waals surface area (Å²) in [5, 5.41) is 6.11. The predicted octanol–water partition coefficient (Wildman–Crippen LogP) is 4.24. The van der Waals surface area contributed by atoms with E-state index in [4.69, 9.17) is 4.42 Å². The quantitative estimate of drug-likeness (QED) is 0.691. The Kier molecular flexibility index (Phi) is 7.13. The normalized spacial score (nSPS) is 11.8. The smallest absolute Gasteiger partial charge is 0.286 e. The van der Waals surface area contributed by atoms with Gasteiger partial charge in [-0.15, -0.1) is 11.8 Å². The molecule has 0 aliphatic heterocycles. The zero-order valence-corrected chi connectivity index (χ0v) is 15.6. The molecule has 5 nitrogen and oxygen atoms in total. The highest BCUT2D eigenvalue weighted by atomic mass is 32.2. The van der Waals surface area contributed by atoms with E-state index in [1.807, 2.05) is 30.8 Å². The molecule has 2 aromatic rings. The molecule has 134 valence electrons. The molecule has 2 N–H and O–H groups in total. The van der Waals surface area contributed by atoms with Gasteiger partial charge in [-0.05, 0) is 49.2 Å². The van der Waals surface area contributed by atoms with Gasteiger partial charge in [0.2, 0.25) is 5.91 Å². The van der Waals surface area contributed by atoms with Crippen LogP contribution in [-0.4, -0.2) is 23.6 Å². The number of hydrogen-bond acceptors (Lipinski definition) is 4. The fraction of sp³-hybridized carbons (Fsp3) is 0.368. The van der Waals surface area contributed by atoms with Crippen molar-refractivity contribution >= 4 is 29.3 Å². The summed E-state index contributed by atoms with van der Waals surface area (Å²) in [6, 6.07) is 9.27. The van der Waals surface area contributed by atoms with Crippen LogP contribution in [0.4, 0.5) is 5.69 Å².